The van der Waals surface area contributed by atoms with Crippen LogP contribution in [-0.2, 0) is 0 Å². The maximum atomic E-state index is 4.80. The Morgan fingerprint density at radius 3 is 0.703 bits per heavy atom. The van der Waals surface area contributed by atoms with Gasteiger partial charge in [0.05, 0.1) is 56.5 Å². The first-order valence-electron chi connectivity index (χ1n) is 43.1. The summed E-state index contributed by atoms with van der Waals surface area (Å²) in [5.74, 6) is 2.03. The first-order valence-corrected chi connectivity index (χ1v) is 44.0. The molecule has 5 aromatic heterocycles. The van der Waals surface area contributed by atoms with Crippen molar-refractivity contribution in [2.45, 2.75) is 0 Å². The van der Waals surface area contributed by atoms with E-state index in [2.05, 4.69) is 463 Å². The molecule has 25 rings (SSSR count). The van der Waals surface area contributed by atoms with Gasteiger partial charge in [-0.25, -0.2) is 29.9 Å². The summed E-state index contributed by atoms with van der Waals surface area (Å²) in [4.78, 5) is 47.8. The third-order valence-corrected chi connectivity index (χ3v) is 26.1. The van der Waals surface area contributed by atoms with Crippen molar-refractivity contribution in [1.82, 2.24) is 34.5 Å². The van der Waals surface area contributed by atoms with Crippen LogP contribution in [-0.4, -0.2) is 62.4 Å². The highest BCUT2D eigenvalue weighted by Gasteiger charge is 2.49. The molecule has 0 spiro atoms. The fourth-order valence-electron chi connectivity index (χ4n) is 19.6. The van der Waals surface area contributed by atoms with E-state index < -0.39 is 0 Å². The number of para-hydroxylation sites is 14. The van der Waals surface area contributed by atoms with Crippen LogP contribution in [0.4, 0.5) is 91.0 Å². The molecule has 15 nitrogen and oxygen atoms in total. The molecule has 0 bridgehead atoms. The van der Waals surface area contributed by atoms with Crippen LogP contribution in [0.2, 0.25) is 0 Å². The zero-order chi connectivity index (χ0) is 84.5. The average Bonchev–Trinajstić information content (AvgIpc) is 1.57. The molecule has 0 radical (unpaired) electrons. The Balaban J connectivity index is 0.000000143. The number of thiophene rings is 1. The second kappa shape index (κ2) is 32.0. The van der Waals surface area contributed by atoms with Crippen molar-refractivity contribution < 1.29 is 0 Å². The molecule has 0 aliphatic carbocycles. The quantitative estimate of drug-likeness (QED) is 0.0909. The van der Waals surface area contributed by atoms with E-state index in [4.69, 9.17) is 9.97 Å². The summed E-state index contributed by atoms with van der Waals surface area (Å²) in [6, 6.07) is 150. The lowest BCUT2D eigenvalue weighted by Gasteiger charge is -2.31. The maximum absolute atomic E-state index is 4.80. The molecule has 0 amide bonds. The van der Waals surface area contributed by atoms with E-state index in [1.165, 1.54) is 42.0 Å². The molecule has 128 heavy (non-hydrogen) atoms. The number of nitrogens with zero attached hydrogens (tertiary/aromatic N) is 15. The van der Waals surface area contributed by atoms with Gasteiger partial charge in [0.1, 0.15) is 0 Å². The molecule has 4 aliphatic heterocycles. The van der Waals surface area contributed by atoms with Crippen LogP contribution in [0.3, 0.4) is 0 Å². The van der Waals surface area contributed by atoms with Gasteiger partial charge in [0.2, 0.25) is 5.95 Å². The summed E-state index contributed by atoms with van der Waals surface area (Å²) in [5.41, 5.74) is 26.8. The van der Waals surface area contributed by atoms with Crippen LogP contribution in [0.1, 0.15) is 0 Å². The number of anilines is 16. The van der Waals surface area contributed by atoms with E-state index in [0.717, 1.165) is 124 Å². The number of hydrogen-bond donors (Lipinski definition) is 0. The van der Waals surface area contributed by atoms with Crippen LogP contribution in [0.15, 0.2) is 456 Å². The minimum Gasteiger partial charge on any atom is -0.360 e. The molecule has 0 fully saturated rings. The lowest BCUT2D eigenvalue weighted by atomic mass is 9.63. The lowest BCUT2D eigenvalue weighted by molar-refractivity contribution is 0.988. The molecular weight excluding hydrogens is 1580 g/mol. The van der Waals surface area contributed by atoms with Crippen LogP contribution >= 0.6 is 11.3 Å². The van der Waals surface area contributed by atoms with Gasteiger partial charge in [-0.15, -0.1) is 11.3 Å². The molecule has 0 saturated heterocycles. The first-order chi connectivity index (χ1) is 63.6. The highest BCUT2D eigenvalue weighted by Crippen LogP contribution is 2.53. The van der Waals surface area contributed by atoms with Crippen molar-refractivity contribution in [2.24, 2.45) is 0 Å². The summed E-state index contributed by atoms with van der Waals surface area (Å²) in [6.07, 6.45) is 10.8. The second-order valence-electron chi connectivity index (χ2n) is 32.2. The van der Waals surface area contributed by atoms with Gasteiger partial charge in [-0.1, -0.05) is 231 Å². The minimum atomic E-state index is -0.205. The standard InChI is InChI=1S/C56H38B2N8S.C52H37B2N7/c1-3-17-43(18-4-1)63-49-23-7-9-25-51(49)65(45-21-11-15-39(35-45)55-59-31-13-32-60-55)57(63)41-27-29-53-47(37-41)48-38-42(28-30-54(48)67-53)58-64(44-19-5-2-6-20-44)50-24-8-10-26-52(50)66(58)46-22-12-16-40(36-46)56-61-33-14-34-62-56;1-5-18-40(19-6-1)58-48-26-13-14-27-49(48)59(41-20-7-2-8-21-41)53(58)38-30-32-46-44(36-38)45-37-39(31-33-47(45)57(46)52-55-34-17-35-56-52)54-60(42-22-9-3-10-23-42)50-28-15-16-29-51(50)61(54)43-24-11-4-12-25-43/h1-38H;1-37H. The van der Waals surface area contributed by atoms with E-state index in [0.29, 0.717) is 17.6 Å². The monoisotopic (exact) mass is 1660 g/mol. The van der Waals surface area contributed by atoms with Crippen LogP contribution in [0.5, 0.6) is 0 Å². The predicted molar refractivity (Wildman–Crippen MR) is 534 cm³/mol. The smallest absolute Gasteiger partial charge is 0.360 e. The summed E-state index contributed by atoms with van der Waals surface area (Å²) in [6.45, 7) is -0.757. The second-order valence-corrected chi connectivity index (χ2v) is 33.3. The third kappa shape index (κ3) is 12.9. The van der Waals surface area contributed by atoms with Gasteiger partial charge in [0.25, 0.3) is 0 Å². The van der Waals surface area contributed by atoms with Gasteiger partial charge < -0.3 is 38.5 Å². The van der Waals surface area contributed by atoms with E-state index >= 15 is 0 Å². The average molecular weight is 1660 g/mol. The van der Waals surface area contributed by atoms with Crippen molar-refractivity contribution in [3.8, 4) is 28.7 Å². The molecule has 16 aromatic carbocycles. The van der Waals surface area contributed by atoms with E-state index in [-0.39, 0.29) is 27.9 Å². The highest BCUT2D eigenvalue weighted by atomic mass is 32.1. The Labute approximate surface area is 746 Å². The summed E-state index contributed by atoms with van der Waals surface area (Å²) >= 11 is 1.84. The van der Waals surface area contributed by atoms with E-state index in [1.807, 2.05) is 41.9 Å². The zero-order valence-electron chi connectivity index (χ0n) is 69.2. The summed E-state index contributed by atoms with van der Waals surface area (Å²) in [7, 11) is 0. The molecule has 600 valence electrons. The van der Waals surface area contributed by atoms with Gasteiger partial charge in [-0.05, 0) is 221 Å². The number of aromatic nitrogens is 7. The molecule has 20 heteroatoms. The Morgan fingerprint density at radius 2 is 0.422 bits per heavy atom. The SMILES string of the molecule is c1ccc(N2B(c3ccc4c(c3)c3cc(B5N(c6ccccc6)c6ccccc6N5c5ccccc5)ccc3n4-c3ncccn3)N(c3ccccc3)c3ccccc32)cc1.c1ccc(N2B(c3ccc4sc5ccc(B6N(c7ccccc7)c7ccccc7N6c6cccc(-c7ncccn7)c6)cc5c4c3)N(c3cccc(-c4ncccn4)c3)c3ccccc32)cc1. The van der Waals surface area contributed by atoms with Gasteiger partial charge >= 0.3 is 27.9 Å². The van der Waals surface area contributed by atoms with Gasteiger partial charge in [-0.2, -0.15) is 0 Å². The number of fused-ring (bicyclic) bond motifs is 10. The van der Waals surface area contributed by atoms with Crippen molar-refractivity contribution in [1.29, 1.82) is 0 Å². The van der Waals surface area contributed by atoms with Gasteiger partial charge in [0.15, 0.2) is 11.6 Å². The number of hydrogen-bond acceptors (Lipinski definition) is 15. The van der Waals surface area contributed by atoms with E-state index in [1.54, 1.807) is 24.8 Å². The molecule has 0 saturated carbocycles. The minimum absolute atomic E-state index is 0.173. The van der Waals surface area contributed by atoms with Gasteiger partial charge in [0, 0.05) is 114 Å². The normalized spacial score (nSPS) is 13.3. The highest BCUT2D eigenvalue weighted by molar-refractivity contribution is 7.26. The van der Waals surface area contributed by atoms with Crippen molar-refractivity contribution in [2.75, 3.05) is 38.5 Å². The fourth-order valence-corrected chi connectivity index (χ4v) is 20.7. The van der Waals surface area contributed by atoms with E-state index in [9.17, 15) is 0 Å². The van der Waals surface area contributed by atoms with Crippen LogP contribution in [0.25, 0.3) is 70.7 Å². The molecule has 0 atom stereocenters. The first kappa shape index (κ1) is 75.2. The Kier molecular flexibility index (Phi) is 18.8. The Bertz CT molecular complexity index is 7130. The predicted octanol–water partition coefficient (Wildman–Crippen LogP) is 23.3. The zero-order valence-corrected chi connectivity index (χ0v) is 70.0. The molecule has 4 aliphatic rings. The summed E-state index contributed by atoms with van der Waals surface area (Å²) in [5, 5.41) is 4.72. The maximum Gasteiger partial charge on any atom is 0.420 e. The number of rotatable bonds is 15. The van der Waals surface area contributed by atoms with Crippen molar-refractivity contribution in [3.05, 3.63) is 456 Å². The van der Waals surface area contributed by atoms with Gasteiger partial charge in [-0.3, -0.25) is 4.57 Å². The lowest BCUT2D eigenvalue weighted by Crippen LogP contribution is -2.53. The third-order valence-electron chi connectivity index (χ3n) is 24.9. The molecule has 9 heterocycles. The number of benzene rings is 16. The van der Waals surface area contributed by atoms with Crippen LogP contribution in [0, 0.1) is 0 Å². The summed E-state index contributed by atoms with van der Waals surface area (Å²) < 4.78 is 4.70. The molecule has 0 N–H and O–H groups in total. The van der Waals surface area contributed by atoms with Crippen molar-refractivity contribution in [3.63, 3.8) is 0 Å². The topological polar surface area (TPSA) is 108 Å². The fraction of sp³-hybridized carbons (Fsp3) is 0. The Morgan fingerprint density at radius 1 is 0.188 bits per heavy atom. The Hall–Kier alpha value is -16.6. The largest absolute Gasteiger partial charge is 0.420 e. The van der Waals surface area contributed by atoms with Crippen molar-refractivity contribution >= 4 is 194 Å². The molecule has 0 unspecified atom stereocenters. The molecule has 21 aromatic rings. The van der Waals surface area contributed by atoms with Crippen LogP contribution < -0.4 is 60.3 Å². The molecular formula is C108H75B4N15S.